The first kappa shape index (κ1) is 26.3. The third-order valence-electron chi connectivity index (χ3n) is 6.00. The topological polar surface area (TPSA) is 74.7 Å². The molecule has 37 heavy (non-hydrogen) atoms. The fraction of sp³-hybridized carbons (Fsp3) is 0.133. The molecule has 0 bridgehead atoms. The van der Waals surface area contributed by atoms with Crippen LogP contribution < -0.4 is 0 Å². The Bertz CT molecular complexity index is 1430. The monoisotopic (exact) mass is 527 g/mol. The van der Waals surface area contributed by atoms with Gasteiger partial charge < -0.3 is 5.11 Å². The van der Waals surface area contributed by atoms with Gasteiger partial charge in [-0.1, -0.05) is 108 Å². The van der Waals surface area contributed by atoms with Crippen molar-refractivity contribution in [2.75, 3.05) is 0 Å². The summed E-state index contributed by atoms with van der Waals surface area (Å²) in [5, 5.41) is 9.81. The van der Waals surface area contributed by atoms with Crippen molar-refractivity contribution in [2.45, 2.75) is 26.3 Å². The van der Waals surface area contributed by atoms with Gasteiger partial charge in [-0.05, 0) is 48.3 Å². The van der Waals surface area contributed by atoms with Crippen LogP contribution in [0.2, 0.25) is 0 Å². The zero-order chi connectivity index (χ0) is 26.5. The molecule has 1 amide bonds. The van der Waals surface area contributed by atoms with Gasteiger partial charge in [0.1, 0.15) is 10.4 Å². The van der Waals surface area contributed by atoms with Crippen LogP contribution in [0, 0.1) is 13.8 Å². The molecule has 0 aromatic heterocycles. The highest BCUT2D eigenvalue weighted by atomic mass is 32.2. The predicted octanol–water partition coefficient (Wildman–Crippen LogP) is 6.10. The molecule has 186 valence electrons. The van der Waals surface area contributed by atoms with Crippen molar-refractivity contribution in [3.05, 3.63) is 117 Å². The molecule has 1 aliphatic rings. The Balaban J connectivity index is 1.47. The van der Waals surface area contributed by atoms with E-state index in [0.717, 1.165) is 39.6 Å². The highest BCUT2D eigenvalue weighted by Gasteiger charge is 2.40. The van der Waals surface area contributed by atoms with Crippen molar-refractivity contribution < 1.29 is 19.5 Å². The lowest BCUT2D eigenvalue weighted by Gasteiger charge is -2.23. The van der Waals surface area contributed by atoms with E-state index in [1.54, 1.807) is 18.2 Å². The van der Waals surface area contributed by atoms with Crippen LogP contribution in [0.25, 0.3) is 12.2 Å². The number of thiocarbonyl (C=S) groups is 1. The highest BCUT2D eigenvalue weighted by Crippen LogP contribution is 2.34. The summed E-state index contributed by atoms with van der Waals surface area (Å²) < 4.78 is 0.226. The number of carbonyl (C=O) groups excluding carboxylic acids is 2. The molecule has 7 heteroatoms. The van der Waals surface area contributed by atoms with Gasteiger partial charge in [-0.3, -0.25) is 14.5 Å². The first-order valence-electron chi connectivity index (χ1n) is 11.7. The van der Waals surface area contributed by atoms with Crippen LogP contribution in [0.5, 0.6) is 0 Å². The van der Waals surface area contributed by atoms with E-state index in [2.05, 4.69) is 0 Å². The second kappa shape index (κ2) is 11.5. The number of carboxylic acid groups (broad SMARTS) is 1. The number of aryl methyl sites for hydroxylation is 2. The van der Waals surface area contributed by atoms with E-state index >= 15 is 0 Å². The Morgan fingerprint density at radius 2 is 1.68 bits per heavy atom. The molecule has 1 atom stereocenters. The molecule has 0 saturated carbocycles. The second-order valence-corrected chi connectivity index (χ2v) is 10.5. The van der Waals surface area contributed by atoms with Crippen molar-refractivity contribution >= 4 is 58.1 Å². The van der Waals surface area contributed by atoms with E-state index in [1.807, 2.05) is 86.6 Å². The van der Waals surface area contributed by atoms with E-state index in [0.29, 0.717) is 10.5 Å². The molecular formula is C30H25NO4S2. The zero-order valence-electron chi connectivity index (χ0n) is 20.4. The minimum atomic E-state index is -1.10. The standard InChI is InChI=1S/C30H25NO4S2/c1-19-8-14-24(20(2)16-19)26(32)15-13-21-9-11-23(12-10-21)18-27-28(33)31(30(36)37-27)25(29(34)35)17-22-6-4-3-5-7-22/h3-16,18,25H,17H2,1-2H3,(H,34,35)/b15-13+,27-18-. The fourth-order valence-corrected chi connectivity index (χ4v) is 5.44. The summed E-state index contributed by atoms with van der Waals surface area (Å²) in [5.41, 5.74) is 5.15. The lowest BCUT2D eigenvalue weighted by molar-refractivity contribution is -0.145. The van der Waals surface area contributed by atoms with Crippen LogP contribution >= 0.6 is 24.0 Å². The molecule has 0 radical (unpaired) electrons. The van der Waals surface area contributed by atoms with Crippen LogP contribution in [0.4, 0.5) is 0 Å². The number of rotatable bonds is 8. The average Bonchev–Trinajstić information content (AvgIpc) is 3.14. The minimum absolute atomic E-state index is 0.0614. The molecule has 4 rings (SSSR count). The SMILES string of the molecule is Cc1ccc(C(=O)/C=C/c2ccc(/C=C3\SC(=S)N(C(Cc4ccccc4)C(=O)O)C3=O)cc2)c(C)c1. The third-order valence-corrected chi connectivity index (χ3v) is 7.33. The van der Waals surface area contributed by atoms with Crippen molar-refractivity contribution in [1.82, 2.24) is 4.90 Å². The van der Waals surface area contributed by atoms with Gasteiger partial charge in [0.25, 0.3) is 5.91 Å². The molecule has 3 aromatic carbocycles. The van der Waals surface area contributed by atoms with Crippen LogP contribution in [0.15, 0.2) is 83.8 Å². The molecule has 1 unspecified atom stereocenters. The molecule has 0 spiro atoms. The second-order valence-electron chi connectivity index (χ2n) is 8.78. The van der Waals surface area contributed by atoms with Gasteiger partial charge in [-0.2, -0.15) is 0 Å². The number of hydrogen-bond acceptors (Lipinski definition) is 5. The maximum atomic E-state index is 13.1. The molecule has 1 N–H and O–H groups in total. The molecular weight excluding hydrogens is 502 g/mol. The normalized spacial score (nSPS) is 15.5. The van der Waals surface area contributed by atoms with Crippen molar-refractivity contribution in [1.29, 1.82) is 0 Å². The summed E-state index contributed by atoms with van der Waals surface area (Å²) in [4.78, 5) is 39.3. The number of amides is 1. The molecule has 3 aromatic rings. The van der Waals surface area contributed by atoms with Gasteiger partial charge in [-0.25, -0.2) is 4.79 Å². The Morgan fingerprint density at radius 3 is 2.32 bits per heavy atom. The minimum Gasteiger partial charge on any atom is -0.480 e. The molecule has 1 fully saturated rings. The summed E-state index contributed by atoms with van der Waals surface area (Å²) in [5.74, 6) is -1.58. The van der Waals surface area contributed by atoms with Gasteiger partial charge in [0, 0.05) is 12.0 Å². The summed E-state index contributed by atoms with van der Waals surface area (Å²) in [6, 6.07) is 21.2. The molecule has 0 aliphatic carbocycles. The number of carboxylic acids is 1. The van der Waals surface area contributed by atoms with Crippen LogP contribution in [0.1, 0.15) is 38.2 Å². The van der Waals surface area contributed by atoms with Crippen molar-refractivity contribution in [3.8, 4) is 0 Å². The zero-order valence-corrected chi connectivity index (χ0v) is 22.0. The van der Waals surface area contributed by atoms with Gasteiger partial charge in [0.15, 0.2) is 5.78 Å². The maximum absolute atomic E-state index is 13.1. The Labute approximate surface area is 225 Å². The number of carbonyl (C=O) groups is 3. The van der Waals surface area contributed by atoms with E-state index < -0.39 is 17.9 Å². The van der Waals surface area contributed by atoms with Gasteiger partial charge in [-0.15, -0.1) is 0 Å². The van der Waals surface area contributed by atoms with Crippen LogP contribution in [-0.4, -0.2) is 38.0 Å². The molecule has 5 nitrogen and oxygen atoms in total. The maximum Gasteiger partial charge on any atom is 0.327 e. The predicted molar refractivity (Wildman–Crippen MR) is 152 cm³/mol. The quantitative estimate of drug-likeness (QED) is 0.217. The first-order chi connectivity index (χ1) is 17.7. The Kier molecular flexibility index (Phi) is 8.16. The largest absolute Gasteiger partial charge is 0.480 e. The van der Waals surface area contributed by atoms with Gasteiger partial charge in [0.05, 0.1) is 4.91 Å². The van der Waals surface area contributed by atoms with E-state index in [1.165, 1.54) is 4.90 Å². The number of nitrogens with zero attached hydrogens (tertiary/aromatic N) is 1. The van der Waals surface area contributed by atoms with Gasteiger partial charge >= 0.3 is 5.97 Å². The Morgan fingerprint density at radius 1 is 1.00 bits per heavy atom. The van der Waals surface area contributed by atoms with Crippen molar-refractivity contribution in [3.63, 3.8) is 0 Å². The average molecular weight is 528 g/mol. The number of aliphatic carboxylic acids is 1. The summed E-state index contributed by atoms with van der Waals surface area (Å²) in [7, 11) is 0. The smallest absolute Gasteiger partial charge is 0.327 e. The summed E-state index contributed by atoms with van der Waals surface area (Å²) >= 11 is 6.48. The number of allylic oxidation sites excluding steroid dienone is 1. The van der Waals surface area contributed by atoms with Crippen LogP contribution in [-0.2, 0) is 16.0 Å². The molecule has 1 heterocycles. The molecule has 1 aliphatic heterocycles. The fourth-order valence-electron chi connectivity index (χ4n) is 4.08. The lowest BCUT2D eigenvalue weighted by atomic mass is 10.0. The number of thioether (sulfide) groups is 1. The van der Waals surface area contributed by atoms with Gasteiger partial charge in [0.2, 0.25) is 0 Å². The van der Waals surface area contributed by atoms with Crippen molar-refractivity contribution in [2.24, 2.45) is 0 Å². The Hall–Kier alpha value is -3.81. The van der Waals surface area contributed by atoms with E-state index in [9.17, 15) is 19.5 Å². The number of ketones is 1. The summed E-state index contributed by atoms with van der Waals surface area (Å²) in [6.45, 7) is 3.91. The van der Waals surface area contributed by atoms with Crippen LogP contribution in [0.3, 0.4) is 0 Å². The number of hydrogen-bond donors (Lipinski definition) is 1. The van der Waals surface area contributed by atoms with E-state index in [4.69, 9.17) is 12.2 Å². The third kappa shape index (κ3) is 6.31. The van der Waals surface area contributed by atoms with E-state index in [-0.39, 0.29) is 16.5 Å². The highest BCUT2D eigenvalue weighted by molar-refractivity contribution is 8.26. The first-order valence-corrected chi connectivity index (χ1v) is 12.9. The molecule has 1 saturated heterocycles. The number of benzene rings is 3. The summed E-state index contributed by atoms with van der Waals surface area (Å²) in [6.07, 6.45) is 5.18. The lowest BCUT2D eigenvalue weighted by Crippen LogP contribution is -2.45.